The summed E-state index contributed by atoms with van der Waals surface area (Å²) in [6.45, 7) is 6.29. The second-order valence-electron chi connectivity index (χ2n) is 6.88. The van der Waals surface area contributed by atoms with Gasteiger partial charge < -0.3 is 4.42 Å². The molecule has 1 heterocycles. The van der Waals surface area contributed by atoms with Crippen molar-refractivity contribution >= 4 is 16.7 Å². The Hall–Kier alpha value is -3.33. The molecule has 3 nitrogen and oxygen atoms in total. The number of para-hydroxylation sites is 1. The summed E-state index contributed by atoms with van der Waals surface area (Å²) in [7, 11) is 0. The minimum atomic E-state index is 0.805. The maximum absolute atomic E-state index is 6.23. The van der Waals surface area contributed by atoms with Gasteiger partial charge in [-0.05, 0) is 56.2 Å². The zero-order valence-corrected chi connectivity index (χ0v) is 15.8. The SMILES string of the molecule is Cc1ccc(-c2c/c(=N/Nc3ccccc3)c3cc(C)c(C)cc3o2)cc1. The van der Waals surface area contributed by atoms with Gasteiger partial charge in [0.15, 0.2) is 0 Å². The molecule has 0 aliphatic carbocycles. The average molecular weight is 354 g/mol. The highest BCUT2D eigenvalue weighted by Crippen LogP contribution is 2.24. The van der Waals surface area contributed by atoms with Crippen molar-refractivity contribution in [3.05, 3.63) is 94.8 Å². The summed E-state index contributed by atoms with van der Waals surface area (Å²) in [6, 6.07) is 24.5. The molecule has 0 saturated carbocycles. The monoisotopic (exact) mass is 354 g/mol. The molecule has 1 aromatic heterocycles. The van der Waals surface area contributed by atoms with E-state index in [4.69, 9.17) is 4.42 Å². The largest absolute Gasteiger partial charge is 0.456 e. The summed E-state index contributed by atoms with van der Waals surface area (Å²) in [6.07, 6.45) is 0. The Labute approximate surface area is 159 Å². The topological polar surface area (TPSA) is 37.5 Å². The summed E-state index contributed by atoms with van der Waals surface area (Å²) in [4.78, 5) is 0. The molecule has 3 aromatic carbocycles. The molecule has 0 amide bonds. The molecular weight excluding hydrogens is 332 g/mol. The number of fused-ring (bicyclic) bond motifs is 1. The maximum Gasteiger partial charge on any atom is 0.137 e. The molecular formula is C24H22N2O. The first-order valence-corrected chi connectivity index (χ1v) is 9.07. The van der Waals surface area contributed by atoms with E-state index in [0.29, 0.717) is 0 Å². The fourth-order valence-corrected chi connectivity index (χ4v) is 3.01. The summed E-state index contributed by atoms with van der Waals surface area (Å²) in [5, 5.41) is 6.53. The van der Waals surface area contributed by atoms with Crippen molar-refractivity contribution in [2.75, 3.05) is 5.43 Å². The Balaban J connectivity index is 1.91. The predicted octanol–water partition coefficient (Wildman–Crippen LogP) is 5.95. The van der Waals surface area contributed by atoms with Crippen molar-refractivity contribution in [3.8, 4) is 11.3 Å². The molecule has 27 heavy (non-hydrogen) atoms. The van der Waals surface area contributed by atoms with E-state index in [2.05, 4.69) is 67.7 Å². The number of nitrogens with one attached hydrogen (secondary N) is 1. The molecule has 0 atom stereocenters. The van der Waals surface area contributed by atoms with E-state index >= 15 is 0 Å². The van der Waals surface area contributed by atoms with Crippen LogP contribution in [0.15, 0.2) is 82.3 Å². The number of aryl methyl sites for hydroxylation is 3. The third-order valence-electron chi connectivity index (χ3n) is 4.77. The molecule has 0 aliphatic rings. The predicted molar refractivity (Wildman–Crippen MR) is 111 cm³/mol. The fourth-order valence-electron chi connectivity index (χ4n) is 3.01. The standard InChI is InChI=1S/C24H22N2O/c1-16-9-11-19(12-10-16)23-15-22(26-25-20-7-5-4-6-8-20)21-13-17(2)18(3)14-24(21)27-23/h4-15,25H,1-3H3/b26-22-. The zero-order valence-electron chi connectivity index (χ0n) is 15.8. The molecule has 4 rings (SSSR count). The van der Waals surface area contributed by atoms with Gasteiger partial charge in [-0.2, -0.15) is 5.10 Å². The number of hydrogen-bond donors (Lipinski definition) is 1. The smallest absolute Gasteiger partial charge is 0.137 e. The van der Waals surface area contributed by atoms with E-state index in [9.17, 15) is 0 Å². The van der Waals surface area contributed by atoms with E-state index in [0.717, 1.165) is 33.3 Å². The maximum atomic E-state index is 6.23. The molecule has 1 N–H and O–H groups in total. The van der Waals surface area contributed by atoms with Crippen LogP contribution in [0.5, 0.6) is 0 Å². The molecule has 134 valence electrons. The minimum absolute atomic E-state index is 0.805. The molecule has 3 heteroatoms. The van der Waals surface area contributed by atoms with Gasteiger partial charge in [-0.25, -0.2) is 0 Å². The van der Waals surface area contributed by atoms with Gasteiger partial charge in [0, 0.05) is 17.0 Å². The lowest BCUT2D eigenvalue weighted by atomic mass is 10.1. The van der Waals surface area contributed by atoms with E-state index < -0.39 is 0 Å². The van der Waals surface area contributed by atoms with Crippen LogP contribution in [0, 0.1) is 20.8 Å². The highest BCUT2D eigenvalue weighted by molar-refractivity contribution is 5.80. The number of benzene rings is 3. The lowest BCUT2D eigenvalue weighted by molar-refractivity contribution is 0.617. The number of anilines is 1. The number of nitrogens with zero attached hydrogens (tertiary/aromatic N) is 1. The summed E-state index contributed by atoms with van der Waals surface area (Å²) in [5.74, 6) is 0.805. The van der Waals surface area contributed by atoms with Crippen LogP contribution in [0.3, 0.4) is 0 Å². The van der Waals surface area contributed by atoms with Gasteiger partial charge in [0.05, 0.1) is 11.0 Å². The first kappa shape index (κ1) is 17.1. The number of rotatable bonds is 3. The van der Waals surface area contributed by atoms with Crippen LogP contribution in [0.1, 0.15) is 16.7 Å². The molecule has 0 saturated heterocycles. The second kappa shape index (κ2) is 7.12. The van der Waals surface area contributed by atoms with Crippen LogP contribution in [0.25, 0.3) is 22.3 Å². The van der Waals surface area contributed by atoms with Gasteiger partial charge >= 0.3 is 0 Å². The Morgan fingerprint density at radius 1 is 0.778 bits per heavy atom. The van der Waals surface area contributed by atoms with Gasteiger partial charge in [0.25, 0.3) is 0 Å². The Kier molecular flexibility index (Phi) is 4.51. The molecule has 4 aromatic rings. The highest BCUT2D eigenvalue weighted by atomic mass is 16.3. The van der Waals surface area contributed by atoms with Crippen molar-refractivity contribution in [3.63, 3.8) is 0 Å². The molecule has 0 aliphatic heterocycles. The van der Waals surface area contributed by atoms with Crippen LogP contribution >= 0.6 is 0 Å². The molecule has 0 radical (unpaired) electrons. The molecule has 0 bridgehead atoms. The zero-order chi connectivity index (χ0) is 18.8. The summed E-state index contributed by atoms with van der Waals surface area (Å²) < 4.78 is 6.23. The van der Waals surface area contributed by atoms with E-state index in [1.807, 2.05) is 36.4 Å². The van der Waals surface area contributed by atoms with Gasteiger partial charge in [0.2, 0.25) is 0 Å². The normalized spacial score (nSPS) is 11.7. The third kappa shape index (κ3) is 3.63. The van der Waals surface area contributed by atoms with Crippen LogP contribution in [-0.2, 0) is 0 Å². The van der Waals surface area contributed by atoms with E-state index in [1.165, 1.54) is 16.7 Å². The van der Waals surface area contributed by atoms with E-state index in [1.54, 1.807) is 0 Å². The second-order valence-corrected chi connectivity index (χ2v) is 6.88. The minimum Gasteiger partial charge on any atom is -0.456 e. The van der Waals surface area contributed by atoms with Crippen molar-refractivity contribution in [2.45, 2.75) is 20.8 Å². The lowest BCUT2D eigenvalue weighted by Crippen LogP contribution is -2.08. The average Bonchev–Trinajstić information content (AvgIpc) is 2.68. The Bertz CT molecular complexity index is 1160. The van der Waals surface area contributed by atoms with Gasteiger partial charge in [-0.1, -0.05) is 48.0 Å². The molecule has 0 unspecified atom stereocenters. The van der Waals surface area contributed by atoms with Crippen molar-refractivity contribution in [1.82, 2.24) is 0 Å². The third-order valence-corrected chi connectivity index (χ3v) is 4.77. The van der Waals surface area contributed by atoms with Crippen molar-refractivity contribution < 1.29 is 4.42 Å². The van der Waals surface area contributed by atoms with Gasteiger partial charge in [-0.3, -0.25) is 5.43 Å². The van der Waals surface area contributed by atoms with Crippen LogP contribution in [0.4, 0.5) is 5.69 Å². The van der Waals surface area contributed by atoms with Gasteiger partial charge in [-0.15, -0.1) is 0 Å². The fraction of sp³-hybridized carbons (Fsp3) is 0.125. The quantitative estimate of drug-likeness (QED) is 0.461. The van der Waals surface area contributed by atoms with Crippen molar-refractivity contribution in [1.29, 1.82) is 0 Å². The number of hydrogen-bond acceptors (Lipinski definition) is 3. The Morgan fingerprint density at radius 2 is 1.48 bits per heavy atom. The first-order chi connectivity index (χ1) is 13.1. The highest BCUT2D eigenvalue weighted by Gasteiger charge is 2.08. The lowest BCUT2D eigenvalue weighted by Gasteiger charge is -2.08. The van der Waals surface area contributed by atoms with Crippen LogP contribution in [-0.4, -0.2) is 0 Å². The summed E-state index contributed by atoms with van der Waals surface area (Å²) in [5.41, 5.74) is 9.63. The van der Waals surface area contributed by atoms with Gasteiger partial charge in [0.1, 0.15) is 11.3 Å². The molecule has 0 spiro atoms. The van der Waals surface area contributed by atoms with E-state index in [-0.39, 0.29) is 0 Å². The Morgan fingerprint density at radius 3 is 2.22 bits per heavy atom. The van der Waals surface area contributed by atoms with Crippen molar-refractivity contribution in [2.24, 2.45) is 5.10 Å². The first-order valence-electron chi connectivity index (χ1n) is 9.07. The van der Waals surface area contributed by atoms with Crippen LogP contribution < -0.4 is 10.8 Å². The van der Waals surface area contributed by atoms with Crippen LogP contribution in [0.2, 0.25) is 0 Å². The summed E-state index contributed by atoms with van der Waals surface area (Å²) >= 11 is 0. The molecule has 0 fully saturated rings.